The molecule has 1 aromatic heterocycles. The molecule has 2 aliphatic rings. The summed E-state index contributed by atoms with van der Waals surface area (Å²) >= 11 is 1.51. The molecule has 3 aromatic rings. The molecule has 0 spiro atoms. The third-order valence-corrected chi connectivity index (χ3v) is 7.90. The van der Waals surface area contributed by atoms with Crippen molar-refractivity contribution in [2.24, 2.45) is 5.73 Å². The number of ether oxygens (including phenoxy) is 1. The quantitative estimate of drug-likeness (QED) is 0.652. The number of nitrogens with two attached hydrogens (primary N) is 1. The molecular weight excluding hydrogens is 406 g/mol. The summed E-state index contributed by atoms with van der Waals surface area (Å²) < 4.78 is 6.08. The minimum atomic E-state index is -0.337. The van der Waals surface area contributed by atoms with E-state index in [4.69, 9.17) is 10.5 Å². The molecule has 2 N–H and O–H groups in total. The molecule has 1 fully saturated rings. The van der Waals surface area contributed by atoms with Gasteiger partial charge >= 0.3 is 0 Å². The van der Waals surface area contributed by atoms with Gasteiger partial charge in [-0.25, -0.2) is 0 Å². The lowest BCUT2D eigenvalue weighted by molar-refractivity contribution is 0.0283. The average Bonchev–Trinajstić information content (AvgIpc) is 3.23. The maximum atomic E-state index is 11.6. The van der Waals surface area contributed by atoms with Crippen LogP contribution in [0.4, 0.5) is 5.69 Å². The third-order valence-electron chi connectivity index (χ3n) is 6.62. The number of nitrogens with zero attached hydrogens (tertiary/aromatic N) is 2. The van der Waals surface area contributed by atoms with E-state index < -0.39 is 0 Å². The predicted molar refractivity (Wildman–Crippen MR) is 127 cm³/mol. The highest BCUT2D eigenvalue weighted by atomic mass is 32.1. The van der Waals surface area contributed by atoms with Crippen molar-refractivity contribution in [3.8, 4) is 0 Å². The molecule has 0 bridgehead atoms. The van der Waals surface area contributed by atoms with E-state index >= 15 is 0 Å². The van der Waals surface area contributed by atoms with Crippen molar-refractivity contribution in [1.82, 2.24) is 4.90 Å². The van der Waals surface area contributed by atoms with Crippen molar-refractivity contribution < 1.29 is 9.53 Å². The maximum absolute atomic E-state index is 11.6. The standard InChI is InChI=1S/C25H29N3O2S/c1-17-16-28(21-8-4-6-18-5-2-3-7-20(18)21)13-12-27(17)11-9-22-24-19(10-14-30-22)15-23(31-24)25(26)29/h2-8,15,17,22H,9-14,16H2,1H3,(H2,26,29)/t17-,22?/m1/s1. The van der Waals surface area contributed by atoms with Gasteiger partial charge in [-0.15, -0.1) is 11.3 Å². The topological polar surface area (TPSA) is 58.8 Å². The number of anilines is 1. The molecule has 1 saturated heterocycles. The van der Waals surface area contributed by atoms with Crippen LogP contribution < -0.4 is 10.6 Å². The number of fused-ring (bicyclic) bond motifs is 2. The predicted octanol–water partition coefficient (Wildman–Crippen LogP) is 4.21. The molecular formula is C25H29N3O2S. The SMILES string of the molecule is C[C@@H]1CN(c2cccc3ccccc23)CCN1CCC1OCCc2cc(C(N)=O)sc21. The second-order valence-electron chi connectivity index (χ2n) is 8.59. The Balaban J connectivity index is 1.24. The Labute approximate surface area is 187 Å². The van der Waals surface area contributed by atoms with Crippen LogP contribution in [0.3, 0.4) is 0 Å². The zero-order valence-corrected chi connectivity index (χ0v) is 18.7. The fourth-order valence-electron chi connectivity index (χ4n) is 4.95. The molecule has 6 heteroatoms. The molecule has 31 heavy (non-hydrogen) atoms. The lowest BCUT2D eigenvalue weighted by atomic mass is 10.0. The number of carbonyl (C=O) groups is 1. The van der Waals surface area contributed by atoms with Crippen molar-refractivity contribution in [1.29, 1.82) is 0 Å². The number of rotatable bonds is 5. The van der Waals surface area contributed by atoms with Gasteiger partial charge < -0.3 is 15.4 Å². The summed E-state index contributed by atoms with van der Waals surface area (Å²) in [4.78, 5) is 18.5. The summed E-state index contributed by atoms with van der Waals surface area (Å²) in [6, 6.07) is 17.7. The van der Waals surface area contributed by atoms with Crippen molar-refractivity contribution in [2.75, 3.05) is 37.7 Å². The number of thiophene rings is 1. The van der Waals surface area contributed by atoms with Crippen LogP contribution in [0, 0.1) is 0 Å². The van der Waals surface area contributed by atoms with Crippen LogP contribution >= 0.6 is 11.3 Å². The second kappa shape index (κ2) is 8.61. The van der Waals surface area contributed by atoms with E-state index in [-0.39, 0.29) is 12.0 Å². The third kappa shape index (κ3) is 4.07. The van der Waals surface area contributed by atoms with Gasteiger partial charge in [0.05, 0.1) is 17.6 Å². The Hall–Kier alpha value is -2.41. The highest BCUT2D eigenvalue weighted by Crippen LogP contribution is 2.37. The fraction of sp³-hybridized carbons (Fsp3) is 0.400. The van der Waals surface area contributed by atoms with Gasteiger partial charge in [-0.05, 0) is 42.8 Å². The van der Waals surface area contributed by atoms with Crippen LogP contribution in [-0.2, 0) is 11.2 Å². The first-order valence-electron chi connectivity index (χ1n) is 11.1. The monoisotopic (exact) mass is 435 g/mol. The Morgan fingerprint density at radius 2 is 2.03 bits per heavy atom. The van der Waals surface area contributed by atoms with Crippen molar-refractivity contribution >= 4 is 33.7 Å². The first kappa shape index (κ1) is 20.5. The number of primary amides is 1. The molecule has 1 amide bonds. The zero-order valence-electron chi connectivity index (χ0n) is 17.9. The van der Waals surface area contributed by atoms with E-state index in [9.17, 15) is 4.79 Å². The van der Waals surface area contributed by atoms with Crippen LogP contribution in [0.2, 0.25) is 0 Å². The normalized spacial score (nSPS) is 21.9. The van der Waals surface area contributed by atoms with E-state index in [1.165, 1.54) is 38.2 Å². The highest BCUT2D eigenvalue weighted by molar-refractivity contribution is 7.14. The Morgan fingerprint density at radius 1 is 1.19 bits per heavy atom. The molecule has 0 radical (unpaired) electrons. The number of amides is 1. The molecule has 5 nitrogen and oxygen atoms in total. The molecule has 3 heterocycles. The molecule has 2 aliphatic heterocycles. The Bertz CT molecular complexity index is 1090. The van der Waals surface area contributed by atoms with E-state index in [0.29, 0.717) is 10.9 Å². The summed E-state index contributed by atoms with van der Waals surface area (Å²) in [6.07, 6.45) is 1.89. The molecule has 2 aromatic carbocycles. The van der Waals surface area contributed by atoms with Crippen molar-refractivity contribution in [3.63, 3.8) is 0 Å². The lowest BCUT2D eigenvalue weighted by Gasteiger charge is -2.42. The van der Waals surface area contributed by atoms with Crippen LogP contribution in [0.1, 0.15) is 39.6 Å². The maximum Gasteiger partial charge on any atom is 0.258 e. The Kier molecular flexibility index (Phi) is 5.69. The van der Waals surface area contributed by atoms with E-state index in [1.54, 1.807) is 0 Å². The lowest BCUT2D eigenvalue weighted by Crippen LogP contribution is -2.52. The summed E-state index contributed by atoms with van der Waals surface area (Å²) in [6.45, 7) is 7.13. The highest BCUT2D eigenvalue weighted by Gasteiger charge is 2.28. The average molecular weight is 436 g/mol. The number of carbonyl (C=O) groups excluding carboxylic acids is 1. The minimum absolute atomic E-state index is 0.0742. The van der Waals surface area contributed by atoms with Crippen LogP contribution in [-0.4, -0.2) is 49.6 Å². The van der Waals surface area contributed by atoms with Gasteiger partial charge in [-0.2, -0.15) is 0 Å². The minimum Gasteiger partial charge on any atom is -0.372 e. The smallest absolute Gasteiger partial charge is 0.258 e. The molecule has 0 aliphatic carbocycles. The van der Waals surface area contributed by atoms with Gasteiger partial charge in [-0.1, -0.05) is 36.4 Å². The van der Waals surface area contributed by atoms with Gasteiger partial charge in [0, 0.05) is 48.2 Å². The first-order valence-corrected chi connectivity index (χ1v) is 11.9. The van der Waals surface area contributed by atoms with Crippen LogP contribution in [0.25, 0.3) is 10.8 Å². The second-order valence-corrected chi connectivity index (χ2v) is 9.68. The molecule has 0 saturated carbocycles. The van der Waals surface area contributed by atoms with Gasteiger partial charge in [-0.3, -0.25) is 9.69 Å². The summed E-state index contributed by atoms with van der Waals surface area (Å²) in [7, 11) is 0. The van der Waals surface area contributed by atoms with E-state index in [0.717, 1.165) is 45.6 Å². The summed E-state index contributed by atoms with van der Waals surface area (Å²) in [5.41, 5.74) is 8.07. The molecule has 5 rings (SSSR count). The van der Waals surface area contributed by atoms with Crippen LogP contribution in [0.5, 0.6) is 0 Å². The number of piperazine rings is 1. The summed E-state index contributed by atoms with van der Waals surface area (Å²) in [5, 5.41) is 2.63. The van der Waals surface area contributed by atoms with Gasteiger partial charge in [0.15, 0.2) is 0 Å². The first-order chi connectivity index (χ1) is 15.1. The summed E-state index contributed by atoms with van der Waals surface area (Å²) in [5.74, 6) is -0.337. The van der Waals surface area contributed by atoms with Gasteiger partial charge in [0.1, 0.15) is 0 Å². The largest absolute Gasteiger partial charge is 0.372 e. The van der Waals surface area contributed by atoms with E-state index in [2.05, 4.69) is 59.2 Å². The Morgan fingerprint density at radius 3 is 2.87 bits per heavy atom. The zero-order chi connectivity index (χ0) is 21.4. The molecule has 162 valence electrons. The van der Waals surface area contributed by atoms with E-state index in [1.807, 2.05) is 6.07 Å². The molecule has 2 atom stereocenters. The van der Waals surface area contributed by atoms with Gasteiger partial charge in [0.2, 0.25) is 0 Å². The molecule has 1 unspecified atom stereocenters. The number of hydrogen-bond donors (Lipinski definition) is 1. The van der Waals surface area contributed by atoms with Crippen LogP contribution in [0.15, 0.2) is 48.5 Å². The van der Waals surface area contributed by atoms with Crippen molar-refractivity contribution in [2.45, 2.75) is 31.9 Å². The fourth-order valence-corrected chi connectivity index (χ4v) is 6.09. The number of hydrogen-bond acceptors (Lipinski definition) is 5. The number of benzene rings is 2. The van der Waals surface area contributed by atoms with Crippen molar-refractivity contribution in [3.05, 3.63) is 63.8 Å². The van der Waals surface area contributed by atoms with Gasteiger partial charge in [0.25, 0.3) is 5.91 Å².